The second kappa shape index (κ2) is 7.02. The minimum Gasteiger partial charge on any atom is -0.392 e. The highest BCUT2D eigenvalue weighted by atomic mass is 16.3. The molecule has 0 aromatic heterocycles. The van der Waals surface area contributed by atoms with Gasteiger partial charge in [-0.1, -0.05) is 61.9 Å². The predicted molar refractivity (Wildman–Crippen MR) is 65.6 cm³/mol. The maximum absolute atomic E-state index is 9.23. The molecule has 0 bridgehead atoms. The molecule has 0 atom stereocenters. The Morgan fingerprint density at radius 2 is 2.00 bits per heavy atom. The van der Waals surface area contributed by atoms with Gasteiger partial charge in [0, 0.05) is 0 Å². The molecule has 0 radical (unpaired) electrons. The zero-order chi connectivity index (χ0) is 10.9. The van der Waals surface area contributed by atoms with E-state index in [0.717, 1.165) is 24.0 Å². The molecular weight excluding hydrogens is 184 g/mol. The Bertz CT molecular complexity index is 322. The van der Waals surface area contributed by atoms with E-state index < -0.39 is 0 Å². The molecule has 1 aromatic rings. The van der Waals surface area contributed by atoms with E-state index >= 15 is 0 Å². The van der Waals surface area contributed by atoms with Crippen LogP contribution in [0, 0.1) is 0 Å². The van der Waals surface area contributed by atoms with E-state index in [0.29, 0.717) is 0 Å². The van der Waals surface area contributed by atoms with E-state index in [9.17, 15) is 5.11 Å². The monoisotopic (exact) mass is 202 g/mol. The fourth-order valence-electron chi connectivity index (χ4n) is 1.34. The highest BCUT2D eigenvalue weighted by Gasteiger charge is 1.96. The molecular formula is C14H18O. The normalized spacial score (nSPS) is 12.3. The molecule has 0 spiro atoms. The van der Waals surface area contributed by atoms with Crippen LogP contribution in [0.2, 0.25) is 0 Å². The van der Waals surface area contributed by atoms with Crippen LogP contribution in [0.3, 0.4) is 0 Å². The van der Waals surface area contributed by atoms with Crippen LogP contribution in [0.25, 0.3) is 5.57 Å². The van der Waals surface area contributed by atoms with Gasteiger partial charge in [-0.3, -0.25) is 0 Å². The lowest BCUT2D eigenvalue weighted by atomic mass is 10.1. The average Bonchev–Trinajstić information content (AvgIpc) is 2.30. The maximum Gasteiger partial charge on any atom is 0.0687 e. The molecule has 0 aliphatic rings. The van der Waals surface area contributed by atoms with Gasteiger partial charge in [-0.2, -0.15) is 0 Å². The van der Waals surface area contributed by atoms with Crippen molar-refractivity contribution >= 4 is 5.57 Å². The van der Waals surface area contributed by atoms with Crippen molar-refractivity contribution < 1.29 is 5.11 Å². The zero-order valence-corrected chi connectivity index (χ0v) is 9.19. The summed E-state index contributed by atoms with van der Waals surface area (Å²) in [6.07, 6.45) is 8.36. The fourth-order valence-corrected chi connectivity index (χ4v) is 1.34. The van der Waals surface area contributed by atoms with E-state index in [-0.39, 0.29) is 6.61 Å². The molecule has 0 fully saturated rings. The van der Waals surface area contributed by atoms with Crippen LogP contribution >= 0.6 is 0 Å². The second-order valence-corrected chi connectivity index (χ2v) is 3.43. The fraction of sp³-hybridized carbons (Fsp3) is 0.286. The van der Waals surface area contributed by atoms with Crippen molar-refractivity contribution in [3.63, 3.8) is 0 Å². The quantitative estimate of drug-likeness (QED) is 0.725. The van der Waals surface area contributed by atoms with Crippen LogP contribution in [-0.4, -0.2) is 11.7 Å². The molecule has 1 N–H and O–H groups in total. The van der Waals surface area contributed by atoms with Crippen LogP contribution in [0.1, 0.15) is 25.3 Å². The van der Waals surface area contributed by atoms with Crippen LogP contribution in [0.4, 0.5) is 0 Å². The minimum absolute atomic E-state index is 0.0838. The molecule has 15 heavy (non-hydrogen) atoms. The summed E-state index contributed by atoms with van der Waals surface area (Å²) in [6, 6.07) is 9.96. The lowest BCUT2D eigenvalue weighted by Gasteiger charge is -2.01. The maximum atomic E-state index is 9.23. The lowest BCUT2D eigenvalue weighted by Crippen LogP contribution is -1.88. The van der Waals surface area contributed by atoms with Gasteiger partial charge < -0.3 is 5.11 Å². The molecule has 1 aromatic carbocycles. The highest BCUT2D eigenvalue weighted by molar-refractivity contribution is 5.67. The summed E-state index contributed by atoms with van der Waals surface area (Å²) < 4.78 is 0. The summed E-state index contributed by atoms with van der Waals surface area (Å²) in [7, 11) is 0. The Hall–Kier alpha value is -1.34. The molecule has 0 aliphatic carbocycles. The van der Waals surface area contributed by atoms with E-state index in [1.807, 2.05) is 42.5 Å². The van der Waals surface area contributed by atoms with Crippen molar-refractivity contribution in [1.29, 1.82) is 0 Å². The van der Waals surface area contributed by atoms with Crippen molar-refractivity contribution in [3.8, 4) is 0 Å². The van der Waals surface area contributed by atoms with Crippen molar-refractivity contribution in [3.05, 3.63) is 54.1 Å². The van der Waals surface area contributed by atoms with E-state index in [2.05, 4.69) is 13.0 Å². The number of aliphatic hydroxyl groups excluding tert-OH is 1. The summed E-state index contributed by atoms with van der Waals surface area (Å²) in [6.45, 7) is 2.23. The number of unbranched alkanes of at least 4 members (excludes halogenated alkanes) is 1. The first-order valence-electron chi connectivity index (χ1n) is 5.40. The molecule has 0 heterocycles. The number of aliphatic hydroxyl groups is 1. The molecule has 0 saturated carbocycles. The third-order valence-corrected chi connectivity index (χ3v) is 2.20. The minimum atomic E-state index is 0.0838. The first-order chi connectivity index (χ1) is 7.38. The van der Waals surface area contributed by atoms with Crippen LogP contribution < -0.4 is 0 Å². The Morgan fingerprint density at radius 1 is 1.27 bits per heavy atom. The number of hydrogen-bond acceptors (Lipinski definition) is 1. The number of allylic oxidation sites excluding steroid dienone is 3. The van der Waals surface area contributed by atoms with Crippen LogP contribution in [0.15, 0.2) is 48.6 Å². The largest absolute Gasteiger partial charge is 0.392 e. The molecule has 0 saturated heterocycles. The van der Waals surface area contributed by atoms with E-state index in [1.54, 1.807) is 0 Å². The van der Waals surface area contributed by atoms with Crippen molar-refractivity contribution in [2.24, 2.45) is 0 Å². The van der Waals surface area contributed by atoms with Gasteiger partial charge in [-0.15, -0.1) is 0 Å². The number of hydrogen-bond donors (Lipinski definition) is 1. The first kappa shape index (κ1) is 11.7. The third-order valence-electron chi connectivity index (χ3n) is 2.20. The Kier molecular flexibility index (Phi) is 5.49. The van der Waals surface area contributed by atoms with Gasteiger partial charge >= 0.3 is 0 Å². The predicted octanol–water partition coefficient (Wildman–Crippen LogP) is 3.42. The topological polar surface area (TPSA) is 20.2 Å². The highest BCUT2D eigenvalue weighted by Crippen LogP contribution is 2.12. The SMILES string of the molecule is CCC/C=C/C=C(/CO)c1ccccc1. The van der Waals surface area contributed by atoms with Crippen molar-refractivity contribution in [1.82, 2.24) is 0 Å². The number of benzene rings is 1. The molecule has 0 aliphatic heterocycles. The Balaban J connectivity index is 2.71. The second-order valence-electron chi connectivity index (χ2n) is 3.43. The summed E-state index contributed by atoms with van der Waals surface area (Å²) in [5.41, 5.74) is 2.05. The van der Waals surface area contributed by atoms with Gasteiger partial charge in [-0.05, 0) is 17.6 Å². The van der Waals surface area contributed by atoms with Crippen LogP contribution in [-0.2, 0) is 0 Å². The molecule has 1 rings (SSSR count). The standard InChI is InChI=1S/C14H18O/c1-2-3-4-6-11-14(12-15)13-9-7-5-8-10-13/h4-11,15H,2-3,12H2,1H3/b6-4+,14-11-. The summed E-state index contributed by atoms with van der Waals surface area (Å²) in [5, 5.41) is 9.23. The smallest absolute Gasteiger partial charge is 0.0687 e. The average molecular weight is 202 g/mol. The Morgan fingerprint density at radius 3 is 2.60 bits per heavy atom. The lowest BCUT2D eigenvalue weighted by molar-refractivity contribution is 0.350. The van der Waals surface area contributed by atoms with E-state index in [4.69, 9.17) is 0 Å². The first-order valence-corrected chi connectivity index (χ1v) is 5.40. The third kappa shape index (κ3) is 4.13. The molecule has 0 amide bonds. The summed E-state index contributed by atoms with van der Waals surface area (Å²) in [4.78, 5) is 0. The van der Waals surface area contributed by atoms with Gasteiger partial charge in [-0.25, -0.2) is 0 Å². The summed E-state index contributed by atoms with van der Waals surface area (Å²) >= 11 is 0. The van der Waals surface area contributed by atoms with Crippen molar-refractivity contribution in [2.75, 3.05) is 6.61 Å². The molecule has 1 nitrogen and oxygen atoms in total. The molecule has 1 heteroatoms. The van der Waals surface area contributed by atoms with Gasteiger partial charge in [0.1, 0.15) is 0 Å². The molecule has 0 unspecified atom stereocenters. The van der Waals surface area contributed by atoms with Gasteiger partial charge in [0.05, 0.1) is 6.61 Å². The zero-order valence-electron chi connectivity index (χ0n) is 9.19. The van der Waals surface area contributed by atoms with Gasteiger partial charge in [0.2, 0.25) is 0 Å². The van der Waals surface area contributed by atoms with E-state index in [1.165, 1.54) is 0 Å². The summed E-state index contributed by atoms with van der Waals surface area (Å²) in [5.74, 6) is 0. The van der Waals surface area contributed by atoms with Crippen molar-refractivity contribution in [2.45, 2.75) is 19.8 Å². The Labute approximate surface area is 91.8 Å². The number of rotatable bonds is 5. The van der Waals surface area contributed by atoms with Gasteiger partial charge in [0.25, 0.3) is 0 Å². The van der Waals surface area contributed by atoms with Gasteiger partial charge in [0.15, 0.2) is 0 Å². The van der Waals surface area contributed by atoms with Crippen LogP contribution in [0.5, 0.6) is 0 Å². The molecule has 80 valence electrons.